The number of carbonyl (C=O) groups is 2. The summed E-state index contributed by atoms with van der Waals surface area (Å²) in [6.45, 7) is 3.56. The number of hydrogen-bond acceptors (Lipinski definition) is 6. The van der Waals surface area contributed by atoms with E-state index >= 15 is 0 Å². The number of nitrogens with one attached hydrogen (secondary N) is 2. The quantitative estimate of drug-likeness (QED) is 0.364. The Hall–Kier alpha value is -3.98. The monoisotopic (exact) mass is 472 g/mol. The SMILES string of the molecule is CCc1ccc(-n2c(SCC(=O)Nc3ccc(NC(C)=O)cc3)nnc2-c2ccncc2)cc1. The van der Waals surface area contributed by atoms with Gasteiger partial charge in [0.2, 0.25) is 11.8 Å². The lowest BCUT2D eigenvalue weighted by Crippen LogP contribution is -2.14. The molecule has 9 heteroatoms. The van der Waals surface area contributed by atoms with E-state index in [0.717, 1.165) is 17.7 Å². The van der Waals surface area contributed by atoms with Gasteiger partial charge in [-0.05, 0) is 60.5 Å². The summed E-state index contributed by atoms with van der Waals surface area (Å²) in [5, 5.41) is 14.9. The smallest absolute Gasteiger partial charge is 0.234 e. The summed E-state index contributed by atoms with van der Waals surface area (Å²) in [6, 6.07) is 19.0. The molecule has 0 saturated heterocycles. The zero-order valence-electron chi connectivity index (χ0n) is 18.9. The molecule has 34 heavy (non-hydrogen) atoms. The highest BCUT2D eigenvalue weighted by Gasteiger charge is 2.17. The van der Waals surface area contributed by atoms with Crippen molar-refractivity contribution >= 4 is 35.0 Å². The minimum Gasteiger partial charge on any atom is -0.326 e. The first-order valence-electron chi connectivity index (χ1n) is 10.8. The van der Waals surface area contributed by atoms with E-state index in [2.05, 4.69) is 44.9 Å². The third kappa shape index (κ3) is 5.68. The molecule has 0 aliphatic rings. The van der Waals surface area contributed by atoms with Gasteiger partial charge >= 0.3 is 0 Å². The lowest BCUT2D eigenvalue weighted by atomic mass is 10.1. The molecule has 2 amide bonds. The zero-order chi connectivity index (χ0) is 23.9. The number of aryl methyl sites for hydroxylation is 1. The van der Waals surface area contributed by atoms with E-state index in [1.807, 2.05) is 28.8 Å². The number of carbonyl (C=O) groups excluding carboxylic acids is 2. The van der Waals surface area contributed by atoms with Crippen LogP contribution in [-0.2, 0) is 16.0 Å². The van der Waals surface area contributed by atoms with Crippen molar-refractivity contribution < 1.29 is 9.59 Å². The van der Waals surface area contributed by atoms with E-state index < -0.39 is 0 Å². The lowest BCUT2D eigenvalue weighted by molar-refractivity contribution is -0.114. The largest absolute Gasteiger partial charge is 0.326 e. The van der Waals surface area contributed by atoms with Crippen LogP contribution in [-0.4, -0.2) is 37.3 Å². The number of benzene rings is 2. The number of thioether (sulfide) groups is 1. The van der Waals surface area contributed by atoms with Crippen LogP contribution in [0.3, 0.4) is 0 Å². The summed E-state index contributed by atoms with van der Waals surface area (Å²) in [6.07, 6.45) is 4.38. The molecule has 172 valence electrons. The molecule has 0 radical (unpaired) electrons. The average molecular weight is 473 g/mol. The van der Waals surface area contributed by atoms with Crippen molar-refractivity contribution in [3.63, 3.8) is 0 Å². The predicted octanol–water partition coefficient (Wildman–Crippen LogP) is 4.58. The van der Waals surface area contributed by atoms with Crippen molar-refractivity contribution in [1.29, 1.82) is 0 Å². The molecular formula is C25H24N6O2S. The number of nitrogens with zero attached hydrogens (tertiary/aromatic N) is 4. The van der Waals surface area contributed by atoms with Crippen LogP contribution in [0.5, 0.6) is 0 Å². The molecule has 0 atom stereocenters. The van der Waals surface area contributed by atoms with Gasteiger partial charge in [0.25, 0.3) is 0 Å². The summed E-state index contributed by atoms with van der Waals surface area (Å²) in [5.41, 5.74) is 4.36. The molecule has 0 bridgehead atoms. The van der Waals surface area contributed by atoms with Crippen LogP contribution in [0.1, 0.15) is 19.4 Å². The van der Waals surface area contributed by atoms with Crippen molar-refractivity contribution in [3.8, 4) is 17.1 Å². The van der Waals surface area contributed by atoms with Crippen LogP contribution in [0.4, 0.5) is 11.4 Å². The maximum absolute atomic E-state index is 12.6. The maximum Gasteiger partial charge on any atom is 0.234 e. The van der Waals surface area contributed by atoms with Crippen LogP contribution in [0.2, 0.25) is 0 Å². The topological polar surface area (TPSA) is 102 Å². The van der Waals surface area contributed by atoms with Crippen molar-refractivity contribution in [3.05, 3.63) is 78.6 Å². The number of rotatable bonds is 8. The Morgan fingerprint density at radius 1 is 0.882 bits per heavy atom. The fourth-order valence-electron chi connectivity index (χ4n) is 3.33. The van der Waals surface area contributed by atoms with Crippen LogP contribution < -0.4 is 10.6 Å². The molecule has 0 unspecified atom stereocenters. The maximum atomic E-state index is 12.6. The molecule has 2 aromatic heterocycles. The minimum absolute atomic E-state index is 0.146. The third-order valence-corrected chi connectivity index (χ3v) is 5.93. The molecular weight excluding hydrogens is 448 g/mol. The summed E-state index contributed by atoms with van der Waals surface area (Å²) in [4.78, 5) is 27.8. The molecule has 2 heterocycles. The second-order valence-corrected chi connectivity index (χ2v) is 8.44. The van der Waals surface area contributed by atoms with Crippen molar-refractivity contribution in [2.75, 3.05) is 16.4 Å². The van der Waals surface area contributed by atoms with Crippen LogP contribution in [0.25, 0.3) is 17.1 Å². The van der Waals surface area contributed by atoms with Gasteiger partial charge in [-0.15, -0.1) is 10.2 Å². The summed E-state index contributed by atoms with van der Waals surface area (Å²) >= 11 is 1.31. The van der Waals surface area contributed by atoms with E-state index in [9.17, 15) is 9.59 Å². The van der Waals surface area contributed by atoms with E-state index in [0.29, 0.717) is 22.4 Å². The average Bonchev–Trinajstić information content (AvgIpc) is 3.28. The van der Waals surface area contributed by atoms with Gasteiger partial charge in [0.1, 0.15) is 0 Å². The van der Waals surface area contributed by atoms with Crippen LogP contribution >= 0.6 is 11.8 Å². The molecule has 4 rings (SSSR count). The highest BCUT2D eigenvalue weighted by molar-refractivity contribution is 7.99. The number of hydrogen-bond donors (Lipinski definition) is 2. The highest BCUT2D eigenvalue weighted by atomic mass is 32.2. The molecule has 0 spiro atoms. The van der Waals surface area contributed by atoms with Gasteiger partial charge in [-0.25, -0.2) is 0 Å². The van der Waals surface area contributed by atoms with Gasteiger partial charge < -0.3 is 10.6 Å². The van der Waals surface area contributed by atoms with Gasteiger partial charge in [0, 0.05) is 41.9 Å². The standard InChI is InChI=1S/C25H24N6O2S/c1-3-18-4-10-22(11-5-18)31-24(19-12-14-26-15-13-19)29-30-25(31)34-16-23(33)28-21-8-6-20(7-9-21)27-17(2)32/h4-15H,3,16H2,1-2H3,(H,27,32)(H,28,33). The minimum atomic E-state index is -0.168. The normalized spacial score (nSPS) is 10.6. The van der Waals surface area contributed by atoms with Gasteiger partial charge in [0.05, 0.1) is 5.75 Å². The molecule has 0 aliphatic carbocycles. The van der Waals surface area contributed by atoms with Gasteiger partial charge in [-0.2, -0.15) is 0 Å². The Morgan fingerprint density at radius 2 is 1.53 bits per heavy atom. The molecule has 0 saturated carbocycles. The lowest BCUT2D eigenvalue weighted by Gasteiger charge is -2.11. The van der Waals surface area contributed by atoms with Gasteiger partial charge in [-0.1, -0.05) is 30.8 Å². The zero-order valence-corrected chi connectivity index (χ0v) is 19.7. The first-order valence-corrected chi connectivity index (χ1v) is 11.8. The van der Waals surface area contributed by atoms with Crippen molar-refractivity contribution in [2.45, 2.75) is 25.4 Å². The molecule has 2 aromatic carbocycles. The molecule has 2 N–H and O–H groups in total. The fraction of sp³-hybridized carbons (Fsp3) is 0.160. The molecule has 0 fully saturated rings. The highest BCUT2D eigenvalue weighted by Crippen LogP contribution is 2.28. The van der Waals surface area contributed by atoms with Crippen LogP contribution in [0.15, 0.2) is 78.2 Å². The Balaban J connectivity index is 1.51. The summed E-state index contributed by atoms with van der Waals surface area (Å²) in [7, 11) is 0. The van der Waals surface area contributed by atoms with E-state index in [-0.39, 0.29) is 17.6 Å². The van der Waals surface area contributed by atoms with E-state index in [4.69, 9.17) is 0 Å². The Labute approximate surface area is 201 Å². The number of anilines is 2. The second kappa shape index (κ2) is 10.8. The number of aromatic nitrogens is 4. The number of pyridine rings is 1. The van der Waals surface area contributed by atoms with Crippen LogP contribution in [0, 0.1) is 0 Å². The molecule has 0 aliphatic heterocycles. The Bertz CT molecular complexity index is 1270. The molecule has 8 nitrogen and oxygen atoms in total. The number of amides is 2. The van der Waals surface area contributed by atoms with E-state index in [1.165, 1.54) is 24.2 Å². The first kappa shape index (κ1) is 23.2. The van der Waals surface area contributed by atoms with Gasteiger partial charge in [0.15, 0.2) is 11.0 Å². The third-order valence-electron chi connectivity index (χ3n) is 5.00. The second-order valence-electron chi connectivity index (χ2n) is 7.49. The van der Waals surface area contributed by atoms with Gasteiger partial charge in [-0.3, -0.25) is 19.1 Å². The van der Waals surface area contributed by atoms with Crippen molar-refractivity contribution in [2.24, 2.45) is 0 Å². The Kier molecular flexibility index (Phi) is 7.34. The van der Waals surface area contributed by atoms with Crippen molar-refractivity contribution in [1.82, 2.24) is 19.7 Å². The van der Waals surface area contributed by atoms with E-state index in [1.54, 1.807) is 36.7 Å². The first-order chi connectivity index (χ1) is 16.5. The summed E-state index contributed by atoms with van der Waals surface area (Å²) in [5.74, 6) is 0.532. The molecule has 4 aromatic rings. The Morgan fingerprint density at radius 3 is 2.15 bits per heavy atom. The fourth-order valence-corrected chi connectivity index (χ4v) is 4.08. The summed E-state index contributed by atoms with van der Waals surface area (Å²) < 4.78 is 1.95. The predicted molar refractivity (Wildman–Crippen MR) is 134 cm³/mol.